The average molecular weight is 587 g/mol. The van der Waals surface area contributed by atoms with Crippen LogP contribution in [0, 0.1) is 17.8 Å². The van der Waals surface area contributed by atoms with E-state index in [0.717, 1.165) is 11.1 Å². The molecule has 230 valence electrons. The third-order valence-corrected chi connectivity index (χ3v) is 7.26. The van der Waals surface area contributed by atoms with Gasteiger partial charge in [-0.1, -0.05) is 26.0 Å². The van der Waals surface area contributed by atoms with E-state index in [9.17, 15) is 14.4 Å². The first-order valence-electron chi connectivity index (χ1n) is 14.0. The summed E-state index contributed by atoms with van der Waals surface area (Å²) < 4.78 is 32.7. The van der Waals surface area contributed by atoms with Crippen LogP contribution in [-0.4, -0.2) is 71.1 Å². The molecule has 1 aliphatic rings. The summed E-state index contributed by atoms with van der Waals surface area (Å²) in [5.41, 5.74) is 7.74. The molecule has 0 aliphatic carbocycles. The number of cyclic esters (lactones) is 1. The molecule has 3 rings (SSSR count). The molecule has 2 unspecified atom stereocenters. The number of nitrogens with one attached hydrogen (secondary N) is 1. The predicted molar refractivity (Wildman–Crippen MR) is 155 cm³/mol. The van der Waals surface area contributed by atoms with Gasteiger partial charge < -0.3 is 39.5 Å². The third kappa shape index (κ3) is 8.51. The first-order chi connectivity index (χ1) is 20.1. The predicted octanol–water partition coefficient (Wildman–Crippen LogP) is 2.70. The van der Waals surface area contributed by atoms with E-state index in [1.54, 1.807) is 20.3 Å². The molecule has 0 radical (unpaired) electrons. The van der Waals surface area contributed by atoms with Gasteiger partial charge in [0.25, 0.3) is 0 Å². The first-order valence-corrected chi connectivity index (χ1v) is 14.0. The highest BCUT2D eigenvalue weighted by Crippen LogP contribution is 2.35. The molecular weight excluding hydrogens is 544 g/mol. The normalized spacial score (nSPS) is 17.7. The van der Waals surface area contributed by atoms with E-state index in [1.165, 1.54) is 14.0 Å². The number of rotatable bonds is 15. The second-order valence-electron chi connectivity index (χ2n) is 10.6. The van der Waals surface area contributed by atoms with Crippen LogP contribution < -0.4 is 30.0 Å². The minimum Gasteiger partial charge on any atom is -0.493 e. The lowest BCUT2D eigenvalue weighted by Gasteiger charge is -2.19. The van der Waals surface area contributed by atoms with Crippen LogP contribution in [0.25, 0.3) is 0 Å². The van der Waals surface area contributed by atoms with Gasteiger partial charge in [0.1, 0.15) is 19.3 Å². The number of carbonyl (C=O) groups is 3. The number of nitrogens with two attached hydrogens (primary N) is 1. The zero-order valence-electron chi connectivity index (χ0n) is 25.1. The monoisotopic (exact) mass is 586 g/mol. The molecule has 11 nitrogen and oxygen atoms in total. The van der Waals surface area contributed by atoms with Crippen molar-refractivity contribution in [1.29, 1.82) is 0 Å². The SMILES string of the molecule is COc1ccc(CC2COC(=O)C2Cc2ccc(OCCOC(=O)[C@H](C)NC(=O)[C@@H](N)C(C)C)c(OC)c2)cc1OC. The second-order valence-corrected chi connectivity index (χ2v) is 10.6. The maximum absolute atomic E-state index is 12.6. The lowest BCUT2D eigenvalue weighted by Crippen LogP contribution is -2.49. The highest BCUT2D eigenvalue weighted by atomic mass is 16.6. The Bertz CT molecular complexity index is 1230. The largest absolute Gasteiger partial charge is 0.493 e. The van der Waals surface area contributed by atoms with Crippen molar-refractivity contribution in [3.8, 4) is 23.0 Å². The van der Waals surface area contributed by atoms with Crippen molar-refractivity contribution in [2.45, 2.75) is 45.7 Å². The smallest absolute Gasteiger partial charge is 0.328 e. The molecule has 3 N–H and O–H groups in total. The van der Waals surface area contributed by atoms with Crippen LogP contribution in [0.4, 0.5) is 0 Å². The van der Waals surface area contributed by atoms with Crippen molar-refractivity contribution < 1.29 is 42.8 Å². The van der Waals surface area contributed by atoms with Crippen LogP contribution in [0.2, 0.25) is 0 Å². The van der Waals surface area contributed by atoms with E-state index in [2.05, 4.69) is 5.32 Å². The first kappa shape index (κ1) is 32.5. The highest BCUT2D eigenvalue weighted by molar-refractivity contribution is 5.87. The summed E-state index contributed by atoms with van der Waals surface area (Å²) in [4.78, 5) is 36.9. The Kier molecular flexibility index (Phi) is 11.8. The van der Waals surface area contributed by atoms with E-state index in [-0.39, 0.29) is 36.9 Å². The number of esters is 2. The fourth-order valence-corrected chi connectivity index (χ4v) is 4.67. The van der Waals surface area contributed by atoms with Gasteiger partial charge in [-0.25, -0.2) is 4.79 Å². The van der Waals surface area contributed by atoms with Crippen molar-refractivity contribution in [1.82, 2.24) is 5.32 Å². The molecule has 1 amide bonds. The molecular formula is C31H42N2O9. The Morgan fingerprint density at radius 2 is 1.50 bits per heavy atom. The third-order valence-electron chi connectivity index (χ3n) is 7.26. The molecule has 0 saturated carbocycles. The van der Waals surface area contributed by atoms with Crippen LogP contribution in [0.15, 0.2) is 36.4 Å². The Balaban J connectivity index is 1.54. The van der Waals surface area contributed by atoms with Gasteiger partial charge in [-0.3, -0.25) is 9.59 Å². The molecule has 1 fully saturated rings. The number of hydrogen-bond donors (Lipinski definition) is 2. The van der Waals surface area contributed by atoms with Crippen molar-refractivity contribution in [3.05, 3.63) is 47.5 Å². The quantitative estimate of drug-likeness (QED) is 0.236. The van der Waals surface area contributed by atoms with E-state index >= 15 is 0 Å². The van der Waals surface area contributed by atoms with Crippen LogP contribution in [-0.2, 0) is 36.7 Å². The van der Waals surface area contributed by atoms with Crippen LogP contribution in [0.5, 0.6) is 23.0 Å². The fourth-order valence-electron chi connectivity index (χ4n) is 4.67. The Morgan fingerprint density at radius 1 is 0.905 bits per heavy atom. The molecule has 0 aromatic heterocycles. The van der Waals surface area contributed by atoms with E-state index < -0.39 is 24.0 Å². The van der Waals surface area contributed by atoms with Gasteiger partial charge in [0.2, 0.25) is 5.91 Å². The van der Waals surface area contributed by atoms with Crippen molar-refractivity contribution in [3.63, 3.8) is 0 Å². The van der Waals surface area contributed by atoms with Crippen molar-refractivity contribution >= 4 is 17.8 Å². The second kappa shape index (κ2) is 15.3. The molecule has 11 heteroatoms. The zero-order chi connectivity index (χ0) is 30.8. The number of ether oxygens (including phenoxy) is 6. The van der Waals surface area contributed by atoms with Crippen molar-refractivity contribution in [2.75, 3.05) is 41.2 Å². The molecule has 1 saturated heterocycles. The minimum absolute atomic E-state index is 0.000458. The molecule has 1 aliphatic heterocycles. The van der Waals surface area contributed by atoms with E-state index in [1.807, 2.05) is 44.2 Å². The molecule has 1 heterocycles. The number of hydrogen-bond acceptors (Lipinski definition) is 10. The molecule has 2 aromatic rings. The van der Waals surface area contributed by atoms with Crippen LogP contribution >= 0.6 is 0 Å². The number of carbonyl (C=O) groups excluding carboxylic acids is 3. The van der Waals surface area contributed by atoms with E-state index in [4.69, 9.17) is 34.2 Å². The van der Waals surface area contributed by atoms with Crippen LogP contribution in [0.3, 0.4) is 0 Å². The summed E-state index contributed by atoms with van der Waals surface area (Å²) in [6.07, 6.45) is 1.13. The minimum atomic E-state index is -0.839. The number of methoxy groups -OCH3 is 3. The van der Waals surface area contributed by atoms with Gasteiger partial charge in [-0.2, -0.15) is 0 Å². The Labute approximate surface area is 246 Å². The summed E-state index contributed by atoms with van der Waals surface area (Å²) in [6, 6.07) is 9.66. The van der Waals surface area contributed by atoms with Crippen LogP contribution in [0.1, 0.15) is 31.9 Å². The summed E-state index contributed by atoms with van der Waals surface area (Å²) in [6.45, 7) is 5.59. The summed E-state index contributed by atoms with van der Waals surface area (Å²) in [5, 5.41) is 2.56. The van der Waals surface area contributed by atoms with Gasteiger partial charge in [0, 0.05) is 5.92 Å². The molecule has 42 heavy (non-hydrogen) atoms. The Morgan fingerprint density at radius 3 is 2.12 bits per heavy atom. The standard InChI is InChI=1S/C31H42N2O9/c1-18(2)28(32)29(34)33-19(3)30(35)41-12-11-40-25-10-8-21(16-27(25)39-6)14-23-22(17-42-31(23)36)13-20-7-9-24(37-4)26(15-20)38-5/h7-10,15-16,18-19,22-23,28H,11-14,17,32H2,1-6H3,(H,33,34)/t19-,22?,23?,28-/m0/s1. The fraction of sp³-hybridized carbons (Fsp3) is 0.516. The van der Waals surface area contributed by atoms with Gasteiger partial charge in [0.05, 0.1) is 39.9 Å². The van der Waals surface area contributed by atoms with Gasteiger partial charge in [-0.15, -0.1) is 0 Å². The van der Waals surface area contributed by atoms with Gasteiger partial charge >= 0.3 is 11.9 Å². The highest BCUT2D eigenvalue weighted by Gasteiger charge is 2.37. The Hall–Kier alpha value is -3.99. The lowest BCUT2D eigenvalue weighted by atomic mass is 9.85. The maximum atomic E-state index is 12.6. The summed E-state index contributed by atoms with van der Waals surface area (Å²) in [7, 11) is 4.71. The zero-order valence-corrected chi connectivity index (χ0v) is 25.1. The molecule has 4 atom stereocenters. The maximum Gasteiger partial charge on any atom is 0.328 e. The molecule has 0 bridgehead atoms. The van der Waals surface area contributed by atoms with Gasteiger partial charge in [0.15, 0.2) is 23.0 Å². The summed E-state index contributed by atoms with van der Waals surface area (Å²) >= 11 is 0. The molecule has 0 spiro atoms. The lowest BCUT2D eigenvalue weighted by molar-refractivity contribution is -0.148. The topological polar surface area (TPSA) is 145 Å². The van der Waals surface area contributed by atoms with E-state index in [0.29, 0.717) is 42.4 Å². The summed E-state index contributed by atoms with van der Waals surface area (Å²) in [5.74, 6) is 0.659. The van der Waals surface area contributed by atoms with Gasteiger partial charge in [-0.05, 0) is 61.1 Å². The van der Waals surface area contributed by atoms with Crippen molar-refractivity contribution in [2.24, 2.45) is 23.5 Å². The molecule has 2 aromatic carbocycles. The number of amides is 1. The number of benzene rings is 2. The average Bonchev–Trinajstić information content (AvgIpc) is 3.32.